The number of ether oxygens (including phenoxy) is 2. The quantitative estimate of drug-likeness (QED) is 0.537. The first-order chi connectivity index (χ1) is 12.7. The van der Waals surface area contributed by atoms with Crippen molar-refractivity contribution in [1.29, 1.82) is 0 Å². The number of hydrogen-bond acceptors (Lipinski definition) is 7. The molecule has 2 aromatic heterocycles. The maximum atomic E-state index is 13.5. The fourth-order valence-electron chi connectivity index (χ4n) is 2.73. The molecular formula is C18H15FN3NaO4. The fourth-order valence-corrected chi connectivity index (χ4v) is 2.73. The van der Waals surface area contributed by atoms with E-state index in [0.29, 0.717) is 24.1 Å². The molecule has 1 aliphatic rings. The Bertz CT molecular complexity index is 884. The Kier molecular flexibility index (Phi) is 6.30. The Morgan fingerprint density at radius 1 is 1.19 bits per heavy atom. The summed E-state index contributed by atoms with van der Waals surface area (Å²) in [6.45, 7) is 0.453. The van der Waals surface area contributed by atoms with E-state index in [1.807, 2.05) is 0 Å². The second-order valence-corrected chi connectivity index (χ2v) is 6.09. The number of aromatic nitrogens is 3. The van der Waals surface area contributed by atoms with E-state index in [0.717, 1.165) is 12.8 Å². The second-order valence-electron chi connectivity index (χ2n) is 6.09. The van der Waals surface area contributed by atoms with Crippen LogP contribution in [0.4, 0.5) is 4.39 Å². The van der Waals surface area contributed by atoms with Crippen molar-refractivity contribution >= 4 is 0 Å². The minimum absolute atomic E-state index is 0. The predicted octanol–water partition coefficient (Wildman–Crippen LogP) is -0.415. The number of hydrogen-bond donors (Lipinski definition) is 0. The summed E-state index contributed by atoms with van der Waals surface area (Å²) in [7, 11) is 0. The third-order valence-corrected chi connectivity index (χ3v) is 4.16. The number of halogens is 1. The van der Waals surface area contributed by atoms with Gasteiger partial charge < -0.3 is 19.1 Å². The van der Waals surface area contributed by atoms with E-state index >= 15 is 0 Å². The molecule has 0 bridgehead atoms. The van der Waals surface area contributed by atoms with Crippen LogP contribution in [-0.4, -0.2) is 27.8 Å². The molecule has 0 amide bonds. The zero-order chi connectivity index (χ0) is 17.9. The number of nitrogens with zero attached hydrogens (tertiary/aromatic N) is 3. The van der Waals surface area contributed by atoms with E-state index < -0.39 is 5.88 Å². The van der Waals surface area contributed by atoms with Gasteiger partial charge in [0.2, 0.25) is 5.88 Å². The summed E-state index contributed by atoms with van der Waals surface area (Å²) in [5, 5.41) is 14.3. The Balaban J connectivity index is 0.00000210. The van der Waals surface area contributed by atoms with Gasteiger partial charge in [-0.15, -0.1) is 0 Å². The number of rotatable bonds is 6. The van der Waals surface area contributed by atoms with Gasteiger partial charge in [0.25, 0.3) is 0 Å². The molecule has 0 radical (unpaired) electrons. The van der Waals surface area contributed by atoms with Gasteiger partial charge in [-0.1, -0.05) is 17.3 Å². The molecule has 4 rings (SSSR count). The van der Waals surface area contributed by atoms with E-state index in [1.54, 1.807) is 18.2 Å². The molecule has 0 atom stereocenters. The monoisotopic (exact) mass is 379 g/mol. The van der Waals surface area contributed by atoms with Crippen molar-refractivity contribution in [3.05, 3.63) is 48.5 Å². The molecule has 134 valence electrons. The smallest absolute Gasteiger partial charge is 0.856 e. The Hall–Kier alpha value is -2.16. The minimum Gasteiger partial charge on any atom is -0.856 e. The third-order valence-electron chi connectivity index (χ3n) is 4.16. The van der Waals surface area contributed by atoms with Gasteiger partial charge in [-0.2, -0.15) is 0 Å². The maximum Gasteiger partial charge on any atom is 1.00 e. The molecule has 1 saturated carbocycles. The summed E-state index contributed by atoms with van der Waals surface area (Å²) in [4.78, 5) is 8.31. The van der Waals surface area contributed by atoms with Crippen molar-refractivity contribution in [2.45, 2.75) is 18.9 Å². The Morgan fingerprint density at radius 3 is 2.67 bits per heavy atom. The van der Waals surface area contributed by atoms with Gasteiger partial charge in [0.1, 0.15) is 11.8 Å². The van der Waals surface area contributed by atoms with Gasteiger partial charge in [0.15, 0.2) is 17.3 Å². The molecule has 2 heterocycles. The molecule has 27 heavy (non-hydrogen) atoms. The largest absolute Gasteiger partial charge is 1.00 e. The van der Waals surface area contributed by atoms with Crippen LogP contribution in [0.25, 0.3) is 11.5 Å². The van der Waals surface area contributed by atoms with Crippen LogP contribution < -0.4 is 44.1 Å². The van der Waals surface area contributed by atoms with Crippen LogP contribution in [0.5, 0.6) is 17.5 Å². The maximum absolute atomic E-state index is 13.5. The first-order valence-electron chi connectivity index (χ1n) is 8.17. The summed E-state index contributed by atoms with van der Waals surface area (Å²) in [5.41, 5.74) is 0.414. The van der Waals surface area contributed by atoms with Gasteiger partial charge in [-0.25, -0.2) is 14.4 Å². The van der Waals surface area contributed by atoms with E-state index in [1.165, 1.54) is 24.5 Å². The van der Waals surface area contributed by atoms with Crippen LogP contribution in [0.2, 0.25) is 0 Å². The number of benzene rings is 1. The van der Waals surface area contributed by atoms with Crippen molar-refractivity contribution in [1.82, 2.24) is 15.1 Å². The van der Waals surface area contributed by atoms with Crippen LogP contribution >= 0.6 is 0 Å². The second kappa shape index (κ2) is 8.69. The molecule has 0 N–H and O–H groups in total. The zero-order valence-corrected chi connectivity index (χ0v) is 16.7. The average Bonchev–Trinajstić information content (AvgIpc) is 3.05. The van der Waals surface area contributed by atoms with Crippen LogP contribution in [0.1, 0.15) is 12.8 Å². The normalized spacial score (nSPS) is 18.3. The molecule has 1 aromatic carbocycles. The summed E-state index contributed by atoms with van der Waals surface area (Å²) in [6.07, 6.45) is 4.58. The van der Waals surface area contributed by atoms with Gasteiger partial charge in [0.05, 0.1) is 19.0 Å². The van der Waals surface area contributed by atoms with Crippen LogP contribution in [0.3, 0.4) is 0 Å². The zero-order valence-electron chi connectivity index (χ0n) is 14.7. The van der Waals surface area contributed by atoms with Crippen LogP contribution in [0.15, 0.2) is 47.2 Å². The van der Waals surface area contributed by atoms with Crippen molar-refractivity contribution in [3.63, 3.8) is 0 Å². The molecule has 3 aromatic rings. The van der Waals surface area contributed by atoms with Crippen molar-refractivity contribution in [2.24, 2.45) is 5.92 Å². The summed E-state index contributed by atoms with van der Waals surface area (Å²) in [6, 6.07) is 7.61. The van der Waals surface area contributed by atoms with Crippen LogP contribution in [-0.2, 0) is 0 Å². The molecule has 1 fully saturated rings. The molecule has 9 heteroatoms. The van der Waals surface area contributed by atoms with Gasteiger partial charge in [-0.05, 0) is 30.9 Å². The molecule has 0 unspecified atom stereocenters. The van der Waals surface area contributed by atoms with Crippen molar-refractivity contribution in [2.75, 3.05) is 6.61 Å². The van der Waals surface area contributed by atoms with Crippen LogP contribution in [0, 0.1) is 11.7 Å². The third kappa shape index (κ3) is 4.77. The van der Waals surface area contributed by atoms with Gasteiger partial charge in [0, 0.05) is 11.9 Å². The van der Waals surface area contributed by atoms with E-state index in [-0.39, 0.29) is 53.0 Å². The van der Waals surface area contributed by atoms with E-state index in [2.05, 4.69) is 15.1 Å². The summed E-state index contributed by atoms with van der Waals surface area (Å²) >= 11 is 0. The Morgan fingerprint density at radius 2 is 2.00 bits per heavy atom. The first-order valence-corrected chi connectivity index (χ1v) is 8.17. The van der Waals surface area contributed by atoms with E-state index in [9.17, 15) is 9.50 Å². The molecular weight excluding hydrogens is 364 g/mol. The minimum atomic E-state index is -0.458. The van der Waals surface area contributed by atoms with Crippen molar-refractivity contribution in [3.8, 4) is 29.0 Å². The summed E-state index contributed by atoms with van der Waals surface area (Å²) < 4.78 is 29.6. The molecule has 1 aliphatic carbocycles. The van der Waals surface area contributed by atoms with Gasteiger partial charge >= 0.3 is 29.6 Å². The molecule has 0 spiro atoms. The average molecular weight is 379 g/mol. The SMILES string of the molecule is [Na+].[O-]c1cc(-c2cnc(OC3CC(COc4ccccc4F)C3)cn2)on1. The fraction of sp³-hybridized carbons (Fsp3) is 0.278. The van der Waals surface area contributed by atoms with Gasteiger partial charge in [-0.3, -0.25) is 0 Å². The van der Waals surface area contributed by atoms with E-state index in [4.69, 9.17) is 14.0 Å². The molecule has 7 nitrogen and oxygen atoms in total. The molecule has 0 saturated heterocycles. The Labute approximate surface area is 176 Å². The topological polar surface area (TPSA) is 93.3 Å². The predicted molar refractivity (Wildman–Crippen MR) is 86.0 cm³/mol. The standard InChI is InChI=1S/C18H16FN3O4.Na/c19-13-3-1-2-4-15(13)24-10-11-5-12(6-11)25-18-9-20-14(8-21-18)16-7-17(23)22-26-16;/h1-4,7-9,11-12H,5-6,10H2,(H,22,23);/q;+1/p-1. The first kappa shape index (κ1) is 19.6. The summed E-state index contributed by atoms with van der Waals surface area (Å²) in [5.74, 6) is 0.437. The number of para-hydroxylation sites is 1. The van der Waals surface area contributed by atoms with Crippen molar-refractivity contribution < 1.29 is 53.1 Å². The molecule has 0 aliphatic heterocycles.